The zero-order valence-electron chi connectivity index (χ0n) is 23.3. The molecule has 5 rings (SSSR count). The standard InChI is InChI=1S/C31H35N3O6S/c1-22-12-13-27(39-2)29(20-22)41(37,38)33-18-15-24(16-19-33)31(36)34-21-28(40-26-11-7-6-10-25(26)34)30(35)32-17-14-23-8-4-3-5-9-23/h3-13,20,24,28H,14-19,21H2,1-2H3,(H,32,35)/t28-/m1/s1. The number of hydrogen-bond acceptors (Lipinski definition) is 6. The molecule has 9 nitrogen and oxygen atoms in total. The molecule has 1 saturated heterocycles. The van der Waals surface area contributed by atoms with Crippen LogP contribution in [0.25, 0.3) is 0 Å². The quantitative estimate of drug-likeness (QED) is 0.439. The van der Waals surface area contributed by atoms with Crippen LogP contribution in [0, 0.1) is 12.8 Å². The van der Waals surface area contributed by atoms with Gasteiger partial charge < -0.3 is 19.7 Å². The maximum absolute atomic E-state index is 13.8. The van der Waals surface area contributed by atoms with Gasteiger partial charge in [-0.2, -0.15) is 4.31 Å². The minimum Gasteiger partial charge on any atom is -0.495 e. The molecule has 0 spiro atoms. The minimum atomic E-state index is -3.79. The number of carbonyl (C=O) groups excluding carboxylic acids is 2. The summed E-state index contributed by atoms with van der Waals surface area (Å²) in [5.41, 5.74) is 2.55. The van der Waals surface area contributed by atoms with E-state index in [1.165, 1.54) is 11.4 Å². The normalized spacial score (nSPS) is 17.8. The van der Waals surface area contributed by atoms with Crippen molar-refractivity contribution >= 4 is 27.5 Å². The molecule has 0 saturated carbocycles. The summed E-state index contributed by atoms with van der Waals surface area (Å²) >= 11 is 0. The van der Waals surface area contributed by atoms with E-state index in [1.807, 2.05) is 43.3 Å². The van der Waals surface area contributed by atoms with Gasteiger partial charge in [0.1, 0.15) is 16.4 Å². The van der Waals surface area contributed by atoms with E-state index in [9.17, 15) is 18.0 Å². The number of nitrogens with zero attached hydrogens (tertiary/aromatic N) is 2. The maximum Gasteiger partial charge on any atom is 0.262 e. The van der Waals surface area contributed by atoms with Crippen LogP contribution in [0.4, 0.5) is 5.69 Å². The average molecular weight is 578 g/mol. The van der Waals surface area contributed by atoms with Gasteiger partial charge in [-0.3, -0.25) is 9.59 Å². The number of methoxy groups -OCH3 is 1. The number of ether oxygens (including phenoxy) is 2. The third-order valence-electron chi connectivity index (χ3n) is 7.63. The van der Waals surface area contributed by atoms with Crippen LogP contribution in [0.1, 0.15) is 24.0 Å². The Morgan fingerprint density at radius 2 is 1.71 bits per heavy atom. The molecule has 1 fully saturated rings. The summed E-state index contributed by atoms with van der Waals surface area (Å²) in [6.07, 6.45) is 0.590. The number of aryl methyl sites for hydroxylation is 1. The number of amides is 2. The molecule has 0 aliphatic carbocycles. The lowest BCUT2D eigenvalue weighted by atomic mass is 9.95. The number of para-hydroxylation sites is 2. The van der Waals surface area contributed by atoms with Gasteiger partial charge in [0.25, 0.3) is 5.91 Å². The lowest BCUT2D eigenvalue weighted by Gasteiger charge is -2.38. The Balaban J connectivity index is 1.25. The molecule has 3 aromatic rings. The van der Waals surface area contributed by atoms with Crippen LogP contribution < -0.4 is 19.7 Å². The summed E-state index contributed by atoms with van der Waals surface area (Å²) in [5, 5.41) is 2.94. The molecule has 10 heteroatoms. The first-order valence-corrected chi connectivity index (χ1v) is 15.3. The average Bonchev–Trinajstić information content (AvgIpc) is 3.00. The number of nitrogens with one attached hydrogen (secondary N) is 1. The summed E-state index contributed by atoms with van der Waals surface area (Å²) in [5.74, 6) is -0.0169. The van der Waals surface area contributed by atoms with Crippen LogP contribution in [-0.4, -0.2) is 63.9 Å². The van der Waals surface area contributed by atoms with E-state index in [2.05, 4.69) is 5.32 Å². The van der Waals surface area contributed by atoms with Gasteiger partial charge in [-0.05, 0) is 61.6 Å². The summed E-state index contributed by atoms with van der Waals surface area (Å²) in [6, 6.07) is 22.1. The maximum atomic E-state index is 13.8. The van der Waals surface area contributed by atoms with E-state index in [4.69, 9.17) is 9.47 Å². The first-order chi connectivity index (χ1) is 19.8. The first-order valence-electron chi connectivity index (χ1n) is 13.8. The molecule has 0 bridgehead atoms. The van der Waals surface area contributed by atoms with E-state index < -0.39 is 16.1 Å². The number of anilines is 1. The van der Waals surface area contributed by atoms with Crippen molar-refractivity contribution < 1.29 is 27.5 Å². The molecule has 2 heterocycles. The molecular weight excluding hydrogens is 542 g/mol. The molecule has 0 radical (unpaired) electrons. The highest BCUT2D eigenvalue weighted by molar-refractivity contribution is 7.89. The highest BCUT2D eigenvalue weighted by Gasteiger charge is 2.39. The monoisotopic (exact) mass is 577 g/mol. The van der Waals surface area contributed by atoms with E-state index in [0.717, 1.165) is 11.1 Å². The van der Waals surface area contributed by atoms with E-state index in [1.54, 1.807) is 41.3 Å². The van der Waals surface area contributed by atoms with Crippen molar-refractivity contribution in [3.63, 3.8) is 0 Å². The largest absolute Gasteiger partial charge is 0.495 e. The van der Waals surface area contributed by atoms with Gasteiger partial charge in [-0.1, -0.05) is 48.5 Å². The molecule has 3 aromatic carbocycles. The van der Waals surface area contributed by atoms with Crippen molar-refractivity contribution in [2.45, 2.75) is 37.2 Å². The number of carbonyl (C=O) groups is 2. The van der Waals surface area contributed by atoms with E-state index >= 15 is 0 Å². The van der Waals surface area contributed by atoms with Crippen molar-refractivity contribution in [3.05, 3.63) is 83.9 Å². The number of rotatable bonds is 8. The van der Waals surface area contributed by atoms with Gasteiger partial charge >= 0.3 is 0 Å². The second-order valence-electron chi connectivity index (χ2n) is 10.4. The summed E-state index contributed by atoms with van der Waals surface area (Å²) in [4.78, 5) is 28.6. The van der Waals surface area contributed by atoms with Gasteiger partial charge in [0, 0.05) is 25.6 Å². The van der Waals surface area contributed by atoms with Crippen molar-refractivity contribution in [1.29, 1.82) is 0 Å². The second kappa shape index (κ2) is 12.3. The van der Waals surface area contributed by atoms with Crippen LogP contribution in [0.2, 0.25) is 0 Å². The van der Waals surface area contributed by atoms with Crippen LogP contribution >= 0.6 is 0 Å². The third kappa shape index (κ3) is 6.23. The molecule has 41 heavy (non-hydrogen) atoms. The van der Waals surface area contributed by atoms with Gasteiger partial charge in [0.05, 0.1) is 19.3 Å². The zero-order chi connectivity index (χ0) is 29.0. The summed E-state index contributed by atoms with van der Waals surface area (Å²) in [6.45, 7) is 2.81. The molecule has 1 atom stereocenters. The predicted octanol–water partition coefficient (Wildman–Crippen LogP) is 3.56. The SMILES string of the molecule is COc1ccc(C)cc1S(=O)(=O)N1CCC(C(=O)N2C[C@H](C(=O)NCCc3ccccc3)Oc3ccccc32)CC1. The smallest absolute Gasteiger partial charge is 0.262 e. The lowest BCUT2D eigenvalue weighted by Crippen LogP contribution is -2.53. The molecular formula is C31H35N3O6S. The molecule has 2 aliphatic rings. The molecule has 2 aliphatic heterocycles. The number of benzene rings is 3. The summed E-state index contributed by atoms with van der Waals surface area (Å²) in [7, 11) is -2.34. The Labute approximate surface area is 241 Å². The van der Waals surface area contributed by atoms with Crippen LogP contribution in [0.5, 0.6) is 11.5 Å². The number of piperidine rings is 1. The van der Waals surface area contributed by atoms with Crippen LogP contribution in [-0.2, 0) is 26.0 Å². The highest BCUT2D eigenvalue weighted by Crippen LogP contribution is 2.36. The molecule has 0 aromatic heterocycles. The van der Waals surface area contributed by atoms with Gasteiger partial charge in [-0.25, -0.2) is 8.42 Å². The minimum absolute atomic E-state index is 0.0893. The number of hydrogen-bond donors (Lipinski definition) is 1. The van der Waals surface area contributed by atoms with Gasteiger partial charge in [-0.15, -0.1) is 0 Å². The molecule has 216 valence electrons. The second-order valence-corrected chi connectivity index (χ2v) is 12.3. The Bertz CT molecular complexity index is 1500. The van der Waals surface area contributed by atoms with Crippen molar-refractivity contribution in [1.82, 2.24) is 9.62 Å². The fourth-order valence-electron chi connectivity index (χ4n) is 5.36. The Kier molecular flexibility index (Phi) is 8.60. The van der Waals surface area contributed by atoms with Gasteiger partial charge in [0.15, 0.2) is 6.10 Å². The number of sulfonamides is 1. The van der Waals surface area contributed by atoms with E-state index in [-0.39, 0.29) is 42.3 Å². The van der Waals surface area contributed by atoms with Gasteiger partial charge in [0.2, 0.25) is 15.9 Å². The Morgan fingerprint density at radius 1 is 1.00 bits per heavy atom. The molecule has 1 N–H and O–H groups in total. The third-order valence-corrected chi connectivity index (χ3v) is 9.55. The Morgan fingerprint density at radius 3 is 2.44 bits per heavy atom. The lowest BCUT2D eigenvalue weighted by molar-refractivity contribution is -0.129. The fraction of sp³-hybridized carbons (Fsp3) is 0.355. The topological polar surface area (TPSA) is 105 Å². The molecule has 0 unspecified atom stereocenters. The van der Waals surface area contributed by atoms with E-state index in [0.29, 0.717) is 43.0 Å². The molecule has 2 amide bonds. The van der Waals surface area contributed by atoms with Crippen molar-refractivity contribution in [3.8, 4) is 11.5 Å². The van der Waals surface area contributed by atoms with Crippen LogP contribution in [0.3, 0.4) is 0 Å². The predicted molar refractivity (Wildman–Crippen MR) is 156 cm³/mol. The highest BCUT2D eigenvalue weighted by atomic mass is 32.2. The van der Waals surface area contributed by atoms with Crippen molar-refractivity contribution in [2.75, 3.05) is 38.2 Å². The number of fused-ring (bicyclic) bond motifs is 1. The van der Waals surface area contributed by atoms with Crippen molar-refractivity contribution in [2.24, 2.45) is 5.92 Å². The Hall–Kier alpha value is -3.89. The first kappa shape index (κ1) is 28.6. The van der Waals surface area contributed by atoms with Crippen LogP contribution in [0.15, 0.2) is 77.7 Å². The fourth-order valence-corrected chi connectivity index (χ4v) is 7.07. The summed E-state index contributed by atoms with van der Waals surface area (Å²) < 4.78 is 39.6. The zero-order valence-corrected chi connectivity index (χ0v) is 24.1.